The number of hydrogen-bond donors (Lipinski definition) is 2. The lowest BCUT2D eigenvalue weighted by atomic mass is 10.1. The molecule has 0 spiro atoms. The molecule has 0 unspecified atom stereocenters. The van der Waals surface area contributed by atoms with Gasteiger partial charge in [0, 0.05) is 30.0 Å². The van der Waals surface area contributed by atoms with Crippen LogP contribution in [0.2, 0.25) is 0 Å². The van der Waals surface area contributed by atoms with Gasteiger partial charge in [0.25, 0.3) is 5.91 Å². The standard InChI is InChI=1S/C20H17N3O4S/c1-12(24)21-9-13-2-4-14(5-3-13)19(25)23-20-22-16(10-28-20)15-6-7-17-18(8-15)27-11-26-17/h2-8,10H,9,11H2,1H3,(H,21,24)(H,22,23,25). The molecule has 0 atom stereocenters. The zero-order valence-corrected chi connectivity index (χ0v) is 15.8. The highest BCUT2D eigenvalue weighted by molar-refractivity contribution is 7.14. The van der Waals surface area contributed by atoms with E-state index in [0.29, 0.717) is 23.0 Å². The van der Waals surface area contributed by atoms with Crippen molar-refractivity contribution in [2.45, 2.75) is 13.5 Å². The van der Waals surface area contributed by atoms with Gasteiger partial charge in [0.1, 0.15) is 0 Å². The fraction of sp³-hybridized carbons (Fsp3) is 0.150. The molecule has 2 N–H and O–H groups in total. The number of rotatable bonds is 5. The van der Waals surface area contributed by atoms with E-state index in [1.54, 1.807) is 12.1 Å². The molecule has 8 heteroatoms. The summed E-state index contributed by atoms with van der Waals surface area (Å²) in [5.74, 6) is 1.08. The van der Waals surface area contributed by atoms with Gasteiger partial charge in [-0.15, -0.1) is 11.3 Å². The van der Waals surface area contributed by atoms with Gasteiger partial charge in [-0.05, 0) is 35.9 Å². The molecular formula is C20H17N3O4S. The number of fused-ring (bicyclic) bond motifs is 1. The molecule has 0 saturated heterocycles. The predicted octanol–water partition coefficient (Wildman–Crippen LogP) is 3.43. The molecule has 1 aliphatic rings. The maximum Gasteiger partial charge on any atom is 0.257 e. The average Bonchev–Trinajstić information content (AvgIpc) is 3.35. The quantitative estimate of drug-likeness (QED) is 0.691. The lowest BCUT2D eigenvalue weighted by molar-refractivity contribution is -0.119. The Morgan fingerprint density at radius 1 is 1.11 bits per heavy atom. The van der Waals surface area contributed by atoms with Gasteiger partial charge in [-0.25, -0.2) is 4.98 Å². The Labute approximate surface area is 165 Å². The van der Waals surface area contributed by atoms with E-state index in [1.165, 1.54) is 18.3 Å². The minimum absolute atomic E-state index is 0.0937. The van der Waals surface area contributed by atoms with Crippen LogP contribution in [0.5, 0.6) is 11.5 Å². The number of nitrogens with one attached hydrogen (secondary N) is 2. The maximum atomic E-state index is 12.4. The van der Waals surface area contributed by atoms with Crippen LogP contribution in [0, 0.1) is 0 Å². The third-order valence-corrected chi connectivity index (χ3v) is 4.91. The number of amides is 2. The van der Waals surface area contributed by atoms with E-state index in [4.69, 9.17) is 9.47 Å². The number of anilines is 1. The van der Waals surface area contributed by atoms with Gasteiger partial charge in [0.15, 0.2) is 16.6 Å². The average molecular weight is 395 g/mol. The Balaban J connectivity index is 1.42. The third kappa shape index (κ3) is 3.96. The van der Waals surface area contributed by atoms with Gasteiger partial charge in [-0.3, -0.25) is 14.9 Å². The first-order chi connectivity index (χ1) is 13.6. The van der Waals surface area contributed by atoms with Crippen LogP contribution in [0.25, 0.3) is 11.3 Å². The Morgan fingerprint density at radius 2 is 1.89 bits per heavy atom. The first-order valence-corrected chi connectivity index (χ1v) is 9.47. The Kier molecular flexibility index (Phi) is 4.94. The molecule has 4 rings (SSSR count). The van der Waals surface area contributed by atoms with Crippen molar-refractivity contribution in [1.82, 2.24) is 10.3 Å². The fourth-order valence-corrected chi connectivity index (χ4v) is 3.40. The molecule has 0 radical (unpaired) electrons. The topological polar surface area (TPSA) is 89.6 Å². The molecular weight excluding hydrogens is 378 g/mol. The van der Waals surface area contributed by atoms with Crippen molar-refractivity contribution in [1.29, 1.82) is 0 Å². The first-order valence-electron chi connectivity index (χ1n) is 8.59. The Hall–Kier alpha value is -3.39. The van der Waals surface area contributed by atoms with Crippen LogP contribution >= 0.6 is 11.3 Å². The smallest absolute Gasteiger partial charge is 0.257 e. The van der Waals surface area contributed by atoms with Crippen molar-refractivity contribution in [3.05, 3.63) is 59.0 Å². The predicted molar refractivity (Wildman–Crippen MR) is 106 cm³/mol. The number of benzene rings is 2. The highest BCUT2D eigenvalue weighted by Gasteiger charge is 2.16. The second kappa shape index (κ2) is 7.69. The summed E-state index contributed by atoms with van der Waals surface area (Å²) in [4.78, 5) is 27.9. The summed E-state index contributed by atoms with van der Waals surface area (Å²) in [6.07, 6.45) is 0. The van der Waals surface area contributed by atoms with Gasteiger partial charge in [-0.1, -0.05) is 12.1 Å². The van der Waals surface area contributed by atoms with Crippen molar-refractivity contribution >= 4 is 28.3 Å². The van der Waals surface area contributed by atoms with Crippen LogP contribution in [0.1, 0.15) is 22.8 Å². The summed E-state index contributed by atoms with van der Waals surface area (Å²) in [7, 11) is 0. The van der Waals surface area contributed by atoms with Gasteiger partial charge in [-0.2, -0.15) is 0 Å². The minimum Gasteiger partial charge on any atom is -0.454 e. The molecule has 3 aromatic rings. The van der Waals surface area contributed by atoms with Crippen LogP contribution in [-0.4, -0.2) is 23.6 Å². The summed E-state index contributed by atoms with van der Waals surface area (Å²) in [5.41, 5.74) is 3.09. The highest BCUT2D eigenvalue weighted by Crippen LogP contribution is 2.36. The lowest BCUT2D eigenvalue weighted by Crippen LogP contribution is -2.19. The largest absolute Gasteiger partial charge is 0.454 e. The van der Waals surface area contributed by atoms with E-state index < -0.39 is 0 Å². The third-order valence-electron chi connectivity index (χ3n) is 4.15. The van der Waals surface area contributed by atoms with Crippen molar-refractivity contribution in [2.24, 2.45) is 0 Å². The van der Waals surface area contributed by atoms with Crippen LogP contribution in [0.15, 0.2) is 47.8 Å². The molecule has 2 amide bonds. The summed E-state index contributed by atoms with van der Waals surface area (Å²) in [6, 6.07) is 12.7. The summed E-state index contributed by atoms with van der Waals surface area (Å²) in [5, 5.41) is 7.93. The molecule has 7 nitrogen and oxygen atoms in total. The SMILES string of the molecule is CC(=O)NCc1ccc(C(=O)Nc2nc(-c3ccc4c(c3)OCO4)cs2)cc1. The number of hydrogen-bond acceptors (Lipinski definition) is 6. The van der Waals surface area contributed by atoms with E-state index in [2.05, 4.69) is 15.6 Å². The summed E-state index contributed by atoms with van der Waals surface area (Å²) >= 11 is 1.35. The number of aromatic nitrogens is 1. The summed E-state index contributed by atoms with van der Waals surface area (Å²) < 4.78 is 10.7. The molecule has 0 aliphatic carbocycles. The zero-order chi connectivity index (χ0) is 19.5. The van der Waals surface area contributed by atoms with E-state index in [-0.39, 0.29) is 18.6 Å². The number of ether oxygens (including phenoxy) is 2. The number of carbonyl (C=O) groups is 2. The molecule has 1 aromatic heterocycles. The van der Waals surface area contributed by atoms with Crippen LogP contribution in [0.4, 0.5) is 5.13 Å². The number of nitrogens with zero attached hydrogens (tertiary/aromatic N) is 1. The van der Waals surface area contributed by atoms with Gasteiger partial charge < -0.3 is 14.8 Å². The van der Waals surface area contributed by atoms with Crippen molar-refractivity contribution < 1.29 is 19.1 Å². The van der Waals surface area contributed by atoms with E-state index in [1.807, 2.05) is 35.7 Å². The molecule has 142 valence electrons. The van der Waals surface area contributed by atoms with Crippen LogP contribution in [-0.2, 0) is 11.3 Å². The second-order valence-electron chi connectivity index (χ2n) is 6.17. The minimum atomic E-state index is -0.238. The maximum absolute atomic E-state index is 12.4. The molecule has 0 saturated carbocycles. The van der Waals surface area contributed by atoms with Crippen molar-refractivity contribution in [3.63, 3.8) is 0 Å². The fourth-order valence-electron chi connectivity index (χ4n) is 2.69. The Bertz CT molecular complexity index is 1030. The second-order valence-corrected chi connectivity index (χ2v) is 7.02. The number of carbonyl (C=O) groups excluding carboxylic acids is 2. The highest BCUT2D eigenvalue weighted by atomic mass is 32.1. The first kappa shape index (κ1) is 18.0. The number of thiazole rings is 1. The monoisotopic (exact) mass is 395 g/mol. The van der Waals surface area contributed by atoms with Gasteiger partial charge in [0.2, 0.25) is 12.7 Å². The van der Waals surface area contributed by atoms with Crippen molar-refractivity contribution in [2.75, 3.05) is 12.1 Å². The van der Waals surface area contributed by atoms with E-state index in [0.717, 1.165) is 22.6 Å². The van der Waals surface area contributed by atoms with Crippen LogP contribution < -0.4 is 20.1 Å². The van der Waals surface area contributed by atoms with Crippen LogP contribution in [0.3, 0.4) is 0 Å². The Morgan fingerprint density at radius 3 is 2.68 bits per heavy atom. The van der Waals surface area contributed by atoms with E-state index >= 15 is 0 Å². The zero-order valence-electron chi connectivity index (χ0n) is 15.0. The van der Waals surface area contributed by atoms with Gasteiger partial charge >= 0.3 is 0 Å². The molecule has 0 fully saturated rings. The molecule has 1 aliphatic heterocycles. The van der Waals surface area contributed by atoms with Crippen molar-refractivity contribution in [3.8, 4) is 22.8 Å². The molecule has 0 bridgehead atoms. The molecule has 2 heterocycles. The van der Waals surface area contributed by atoms with E-state index in [9.17, 15) is 9.59 Å². The molecule has 28 heavy (non-hydrogen) atoms. The van der Waals surface area contributed by atoms with Gasteiger partial charge in [0.05, 0.1) is 5.69 Å². The lowest BCUT2D eigenvalue weighted by Gasteiger charge is -2.05. The normalized spacial score (nSPS) is 11.9. The molecule has 2 aromatic carbocycles. The summed E-state index contributed by atoms with van der Waals surface area (Å²) in [6.45, 7) is 2.12.